The highest BCUT2D eigenvalue weighted by Crippen LogP contribution is 2.36. The van der Waals surface area contributed by atoms with Crippen LogP contribution in [0.1, 0.15) is 31.2 Å². The number of aliphatic hydroxyl groups is 2. The molecule has 11 heteroatoms. The summed E-state index contributed by atoms with van der Waals surface area (Å²) in [7, 11) is -4.20. The Bertz CT molecular complexity index is 706. The molecule has 0 unspecified atom stereocenters. The Morgan fingerprint density at radius 1 is 1.28 bits per heavy atom. The molecule has 0 amide bonds. The van der Waals surface area contributed by atoms with E-state index < -0.39 is 44.7 Å². The number of hydrogen-bond donors (Lipinski definition) is 4. The van der Waals surface area contributed by atoms with Crippen molar-refractivity contribution >= 4 is 15.8 Å². The van der Waals surface area contributed by atoms with Crippen LogP contribution in [0.4, 0.5) is 19.0 Å². The number of aromatic nitrogens is 1. The Kier molecular flexibility index (Phi) is 5.92. The highest BCUT2D eigenvalue weighted by atomic mass is 32.2. The lowest BCUT2D eigenvalue weighted by Crippen LogP contribution is -2.38. The topological polar surface area (TPSA) is 112 Å². The molecular weight excluding hydrogens is 363 g/mol. The minimum absolute atomic E-state index is 0.0848. The maximum absolute atomic E-state index is 13.2. The molecule has 7 nitrogen and oxygen atoms in total. The number of anilines is 1. The zero-order valence-electron chi connectivity index (χ0n) is 13.3. The van der Waals surface area contributed by atoms with Crippen LogP contribution in [0.2, 0.25) is 0 Å². The summed E-state index contributed by atoms with van der Waals surface area (Å²) in [5, 5.41) is 21.1. The third-order valence-electron chi connectivity index (χ3n) is 4.05. The Morgan fingerprint density at radius 3 is 2.48 bits per heavy atom. The predicted molar refractivity (Wildman–Crippen MR) is 83.4 cm³/mol. The van der Waals surface area contributed by atoms with Gasteiger partial charge < -0.3 is 15.5 Å². The molecule has 2 rings (SSSR count). The van der Waals surface area contributed by atoms with E-state index in [2.05, 4.69) is 10.3 Å². The summed E-state index contributed by atoms with van der Waals surface area (Å²) in [6, 6.07) is 0.493. The van der Waals surface area contributed by atoms with Crippen molar-refractivity contribution in [3.63, 3.8) is 0 Å². The summed E-state index contributed by atoms with van der Waals surface area (Å²) in [6.45, 7) is -0.717. The summed E-state index contributed by atoms with van der Waals surface area (Å²) in [6.07, 6.45) is -1.59. The van der Waals surface area contributed by atoms with E-state index in [1.807, 2.05) is 4.72 Å². The fraction of sp³-hybridized carbons (Fsp3) is 0.643. The summed E-state index contributed by atoms with van der Waals surface area (Å²) in [4.78, 5) is 2.95. The average molecular weight is 383 g/mol. The molecular formula is C14H20F3N3O4S. The number of halogens is 3. The molecule has 142 valence electrons. The zero-order valence-corrected chi connectivity index (χ0v) is 14.1. The smallest absolute Gasteiger partial charge is 0.395 e. The SMILES string of the molecule is O=S(=O)(NCCO)c1cnc(NCCC2(O)CCC2)c(C(F)(F)F)c1. The molecule has 1 aliphatic carbocycles. The fourth-order valence-electron chi connectivity index (χ4n) is 2.46. The van der Waals surface area contributed by atoms with Crippen molar-refractivity contribution in [3.05, 3.63) is 17.8 Å². The molecule has 1 fully saturated rings. The first-order valence-corrected chi connectivity index (χ1v) is 9.20. The number of hydrogen-bond acceptors (Lipinski definition) is 6. The predicted octanol–water partition coefficient (Wildman–Crippen LogP) is 1.09. The number of nitrogens with one attached hydrogen (secondary N) is 2. The molecule has 1 aromatic heterocycles. The van der Waals surface area contributed by atoms with Gasteiger partial charge in [0.2, 0.25) is 10.0 Å². The van der Waals surface area contributed by atoms with Crippen LogP contribution >= 0.6 is 0 Å². The van der Waals surface area contributed by atoms with E-state index >= 15 is 0 Å². The van der Waals surface area contributed by atoms with Gasteiger partial charge in [0, 0.05) is 19.3 Å². The molecule has 1 aromatic rings. The quantitative estimate of drug-likeness (QED) is 0.535. The normalized spacial score (nSPS) is 17.2. The molecule has 1 aliphatic rings. The van der Waals surface area contributed by atoms with Gasteiger partial charge in [0.15, 0.2) is 0 Å². The number of sulfonamides is 1. The molecule has 0 saturated heterocycles. The largest absolute Gasteiger partial charge is 0.419 e. The molecule has 0 bridgehead atoms. The maximum atomic E-state index is 13.2. The number of alkyl halides is 3. The van der Waals surface area contributed by atoms with Crippen molar-refractivity contribution in [1.82, 2.24) is 9.71 Å². The lowest BCUT2D eigenvalue weighted by molar-refractivity contribution is -0.137. The van der Waals surface area contributed by atoms with Gasteiger partial charge >= 0.3 is 6.18 Å². The second kappa shape index (κ2) is 7.44. The van der Waals surface area contributed by atoms with Gasteiger partial charge in [0.1, 0.15) is 10.7 Å². The van der Waals surface area contributed by atoms with Gasteiger partial charge in [-0.05, 0) is 31.7 Å². The molecule has 25 heavy (non-hydrogen) atoms. The van der Waals surface area contributed by atoms with E-state index in [1.165, 1.54) is 0 Å². The lowest BCUT2D eigenvalue weighted by atomic mass is 9.78. The van der Waals surface area contributed by atoms with E-state index in [-0.39, 0.29) is 19.5 Å². The third-order valence-corrected chi connectivity index (χ3v) is 5.48. The Hall–Kier alpha value is -1.43. The maximum Gasteiger partial charge on any atom is 0.419 e. The highest BCUT2D eigenvalue weighted by Gasteiger charge is 2.37. The van der Waals surface area contributed by atoms with Crippen molar-refractivity contribution in [2.45, 2.75) is 42.4 Å². The van der Waals surface area contributed by atoms with Gasteiger partial charge in [0.05, 0.1) is 17.8 Å². The molecule has 1 saturated carbocycles. The van der Waals surface area contributed by atoms with E-state index in [9.17, 15) is 26.7 Å². The first-order chi connectivity index (χ1) is 11.6. The van der Waals surface area contributed by atoms with Crippen LogP contribution in [-0.4, -0.2) is 48.9 Å². The average Bonchev–Trinajstić information content (AvgIpc) is 2.50. The van der Waals surface area contributed by atoms with Crippen LogP contribution in [-0.2, 0) is 16.2 Å². The van der Waals surface area contributed by atoms with Gasteiger partial charge in [-0.1, -0.05) is 0 Å². The minimum Gasteiger partial charge on any atom is -0.395 e. The summed E-state index contributed by atoms with van der Waals surface area (Å²) in [5.41, 5.74) is -2.05. The lowest BCUT2D eigenvalue weighted by Gasteiger charge is -2.36. The molecule has 1 heterocycles. The van der Waals surface area contributed by atoms with Gasteiger partial charge in [-0.2, -0.15) is 13.2 Å². The summed E-state index contributed by atoms with van der Waals surface area (Å²) < 4.78 is 65.4. The van der Waals surface area contributed by atoms with Crippen molar-refractivity contribution in [1.29, 1.82) is 0 Å². The van der Waals surface area contributed by atoms with Crippen LogP contribution in [0.15, 0.2) is 17.2 Å². The molecule has 4 N–H and O–H groups in total. The Labute approximate surface area is 143 Å². The van der Waals surface area contributed by atoms with Crippen LogP contribution < -0.4 is 10.0 Å². The summed E-state index contributed by atoms with van der Waals surface area (Å²) >= 11 is 0. The molecule has 0 atom stereocenters. The zero-order chi connectivity index (χ0) is 18.7. The summed E-state index contributed by atoms with van der Waals surface area (Å²) in [5.74, 6) is -0.489. The van der Waals surface area contributed by atoms with Crippen LogP contribution in [0.3, 0.4) is 0 Å². The van der Waals surface area contributed by atoms with Crippen LogP contribution in [0, 0.1) is 0 Å². The number of nitrogens with zero attached hydrogens (tertiary/aromatic N) is 1. The highest BCUT2D eigenvalue weighted by molar-refractivity contribution is 7.89. The van der Waals surface area contributed by atoms with E-state index in [0.717, 1.165) is 12.6 Å². The molecule has 0 radical (unpaired) electrons. The Morgan fingerprint density at radius 2 is 1.96 bits per heavy atom. The van der Waals surface area contributed by atoms with Gasteiger partial charge in [-0.3, -0.25) is 0 Å². The first-order valence-electron chi connectivity index (χ1n) is 7.71. The van der Waals surface area contributed by atoms with Gasteiger partial charge in [0.25, 0.3) is 0 Å². The van der Waals surface area contributed by atoms with E-state index in [1.54, 1.807) is 0 Å². The van der Waals surface area contributed by atoms with Gasteiger partial charge in [-0.25, -0.2) is 18.1 Å². The number of aliphatic hydroxyl groups excluding tert-OH is 1. The molecule has 0 aromatic carbocycles. The van der Waals surface area contributed by atoms with Crippen molar-refractivity contribution < 1.29 is 31.8 Å². The van der Waals surface area contributed by atoms with Gasteiger partial charge in [-0.15, -0.1) is 0 Å². The van der Waals surface area contributed by atoms with Crippen molar-refractivity contribution in [2.75, 3.05) is 25.0 Å². The number of pyridine rings is 1. The monoisotopic (exact) mass is 383 g/mol. The minimum atomic E-state index is -4.80. The van der Waals surface area contributed by atoms with E-state index in [0.29, 0.717) is 18.9 Å². The number of rotatable bonds is 8. The second-order valence-corrected chi connectivity index (χ2v) is 7.71. The molecule has 0 spiro atoms. The first kappa shape index (κ1) is 19.9. The van der Waals surface area contributed by atoms with Crippen LogP contribution in [0.5, 0.6) is 0 Å². The van der Waals surface area contributed by atoms with Crippen molar-refractivity contribution in [3.8, 4) is 0 Å². The second-order valence-electron chi connectivity index (χ2n) is 5.94. The fourth-order valence-corrected chi connectivity index (χ4v) is 3.45. The van der Waals surface area contributed by atoms with Crippen LogP contribution in [0.25, 0.3) is 0 Å². The Balaban J connectivity index is 2.19. The van der Waals surface area contributed by atoms with E-state index in [4.69, 9.17) is 5.11 Å². The van der Waals surface area contributed by atoms with Crippen molar-refractivity contribution in [2.24, 2.45) is 0 Å². The standard InChI is InChI=1S/C14H20F3N3O4S/c15-14(16,17)11-8-10(25(23,24)20-6-7-21)9-19-12(11)18-5-4-13(22)2-1-3-13/h8-9,20-22H,1-7H2,(H,18,19). The third kappa shape index (κ3) is 5.03. The molecule has 0 aliphatic heterocycles.